The Labute approximate surface area is 118 Å². The topological polar surface area (TPSA) is 50.9 Å². The Balaban J connectivity index is 2.09. The first-order chi connectivity index (χ1) is 9.16. The second-order valence-electron chi connectivity index (χ2n) is 4.40. The first-order valence-corrected chi connectivity index (χ1v) is 7.20. The van der Waals surface area contributed by atoms with Crippen LogP contribution < -0.4 is 5.56 Å². The molecule has 0 amide bonds. The van der Waals surface area contributed by atoms with Crippen LogP contribution in [0.5, 0.6) is 0 Å². The summed E-state index contributed by atoms with van der Waals surface area (Å²) in [6.07, 6.45) is 2.27. The summed E-state index contributed by atoms with van der Waals surface area (Å²) in [6, 6.07) is 5.57. The number of hydrogen-bond donors (Lipinski definition) is 1. The highest BCUT2D eigenvalue weighted by molar-refractivity contribution is 7.71. The fraction of sp³-hybridized carbons (Fsp3) is 0.231. The van der Waals surface area contributed by atoms with Gasteiger partial charge in [0, 0.05) is 12.5 Å². The normalized spacial score (nSPS) is 12.9. The van der Waals surface area contributed by atoms with Gasteiger partial charge in [0.1, 0.15) is 10.5 Å². The van der Waals surface area contributed by atoms with E-state index in [0.717, 1.165) is 11.3 Å². The quantitative estimate of drug-likeness (QED) is 0.751. The predicted octanol–water partition coefficient (Wildman–Crippen LogP) is 3.52. The van der Waals surface area contributed by atoms with Gasteiger partial charge < -0.3 is 9.40 Å². The highest BCUT2D eigenvalue weighted by Gasteiger charge is 2.14. The van der Waals surface area contributed by atoms with Crippen molar-refractivity contribution in [2.24, 2.45) is 0 Å². The van der Waals surface area contributed by atoms with Gasteiger partial charge in [-0.25, -0.2) is 0 Å². The van der Waals surface area contributed by atoms with Crippen LogP contribution in [0.4, 0.5) is 0 Å². The highest BCUT2D eigenvalue weighted by atomic mass is 32.1. The fourth-order valence-electron chi connectivity index (χ4n) is 2.16. The van der Waals surface area contributed by atoms with Gasteiger partial charge in [0.2, 0.25) is 0 Å². The highest BCUT2D eigenvalue weighted by Crippen LogP contribution is 2.18. The lowest BCUT2D eigenvalue weighted by molar-refractivity contribution is 0.438. The molecule has 19 heavy (non-hydrogen) atoms. The Morgan fingerprint density at radius 1 is 1.53 bits per heavy atom. The maximum Gasteiger partial charge on any atom is 0.272 e. The van der Waals surface area contributed by atoms with E-state index in [9.17, 15) is 4.79 Å². The number of nitrogens with zero attached hydrogens (tertiary/aromatic N) is 1. The first-order valence-electron chi connectivity index (χ1n) is 5.91. The van der Waals surface area contributed by atoms with Crippen molar-refractivity contribution < 1.29 is 4.42 Å². The number of nitrogens with one attached hydrogen (secondary N) is 1. The monoisotopic (exact) mass is 292 g/mol. The van der Waals surface area contributed by atoms with Crippen molar-refractivity contribution in [1.82, 2.24) is 9.55 Å². The van der Waals surface area contributed by atoms with E-state index in [1.54, 1.807) is 10.8 Å². The van der Waals surface area contributed by atoms with Gasteiger partial charge in [-0.3, -0.25) is 9.36 Å². The molecule has 1 atom stereocenters. The van der Waals surface area contributed by atoms with E-state index in [4.69, 9.17) is 16.6 Å². The van der Waals surface area contributed by atoms with Gasteiger partial charge in [0.25, 0.3) is 5.56 Å². The van der Waals surface area contributed by atoms with Gasteiger partial charge in [-0.2, -0.15) is 0 Å². The third-order valence-corrected chi connectivity index (χ3v) is 4.26. The van der Waals surface area contributed by atoms with Gasteiger partial charge in [-0.1, -0.05) is 0 Å². The maximum atomic E-state index is 12.4. The largest absolute Gasteiger partial charge is 0.469 e. The van der Waals surface area contributed by atoms with Crippen LogP contribution in [0.15, 0.2) is 39.1 Å². The molecule has 0 spiro atoms. The number of furan rings is 1. The third-order valence-electron chi connectivity index (χ3n) is 3.06. The van der Waals surface area contributed by atoms with E-state index in [2.05, 4.69) is 4.98 Å². The summed E-state index contributed by atoms with van der Waals surface area (Å²) >= 11 is 6.71. The summed E-state index contributed by atoms with van der Waals surface area (Å²) in [5.41, 5.74) is 0.772. The molecule has 3 heterocycles. The van der Waals surface area contributed by atoms with Crippen molar-refractivity contribution in [3.63, 3.8) is 0 Å². The minimum atomic E-state index is -0.0473. The Morgan fingerprint density at radius 3 is 3.11 bits per heavy atom. The zero-order valence-corrected chi connectivity index (χ0v) is 11.9. The van der Waals surface area contributed by atoms with Crippen LogP contribution in [-0.4, -0.2) is 9.55 Å². The van der Waals surface area contributed by atoms with E-state index in [1.807, 2.05) is 30.5 Å². The molecule has 0 aliphatic heterocycles. The number of thiophene rings is 1. The molecule has 0 aromatic carbocycles. The summed E-state index contributed by atoms with van der Waals surface area (Å²) in [4.78, 5) is 15.5. The minimum absolute atomic E-state index is 0.0344. The molecule has 4 nitrogen and oxygen atoms in total. The average Bonchev–Trinajstić information content (AvgIpc) is 2.99. The molecular formula is C13H12N2O2S2. The Bertz CT molecular complexity index is 811. The number of H-pyrrole nitrogens is 1. The summed E-state index contributed by atoms with van der Waals surface area (Å²) in [7, 11) is 0. The number of aromatic amines is 1. The van der Waals surface area contributed by atoms with Crippen molar-refractivity contribution >= 4 is 33.8 Å². The molecule has 0 bridgehead atoms. The second kappa shape index (κ2) is 4.79. The van der Waals surface area contributed by atoms with Gasteiger partial charge in [-0.15, -0.1) is 11.3 Å². The third kappa shape index (κ3) is 2.17. The van der Waals surface area contributed by atoms with Gasteiger partial charge in [-0.05, 0) is 42.7 Å². The van der Waals surface area contributed by atoms with Crippen molar-refractivity contribution in [3.8, 4) is 0 Å². The molecule has 3 rings (SSSR count). The molecule has 0 fully saturated rings. The summed E-state index contributed by atoms with van der Waals surface area (Å²) < 4.78 is 8.10. The van der Waals surface area contributed by atoms with Gasteiger partial charge >= 0.3 is 0 Å². The van der Waals surface area contributed by atoms with Crippen LogP contribution in [0, 0.1) is 4.77 Å². The molecule has 1 unspecified atom stereocenters. The van der Waals surface area contributed by atoms with Crippen LogP contribution in [0.1, 0.15) is 18.7 Å². The Morgan fingerprint density at radius 2 is 2.37 bits per heavy atom. The lowest BCUT2D eigenvalue weighted by Gasteiger charge is -2.13. The zero-order chi connectivity index (χ0) is 13.4. The number of aromatic nitrogens is 2. The molecule has 0 aliphatic rings. The lowest BCUT2D eigenvalue weighted by Crippen LogP contribution is -2.25. The summed E-state index contributed by atoms with van der Waals surface area (Å²) in [5, 5.41) is 1.89. The van der Waals surface area contributed by atoms with Crippen molar-refractivity contribution in [2.75, 3.05) is 0 Å². The van der Waals surface area contributed by atoms with Crippen LogP contribution in [0.25, 0.3) is 10.2 Å². The summed E-state index contributed by atoms with van der Waals surface area (Å²) in [6.45, 7) is 1.97. The maximum absolute atomic E-state index is 12.4. The Kier molecular flexibility index (Phi) is 3.12. The van der Waals surface area contributed by atoms with Gasteiger partial charge in [0.05, 0.1) is 11.8 Å². The second-order valence-corrected chi connectivity index (χ2v) is 5.70. The first kappa shape index (κ1) is 12.4. The number of hydrogen-bond acceptors (Lipinski definition) is 4. The van der Waals surface area contributed by atoms with Crippen LogP contribution in [0.3, 0.4) is 0 Å². The van der Waals surface area contributed by atoms with Crippen molar-refractivity contribution in [3.05, 3.63) is 50.7 Å². The predicted molar refractivity (Wildman–Crippen MR) is 78.4 cm³/mol. The number of fused-ring (bicyclic) bond motifs is 1. The van der Waals surface area contributed by atoms with E-state index < -0.39 is 0 Å². The fourth-order valence-corrected chi connectivity index (χ4v) is 3.32. The van der Waals surface area contributed by atoms with Crippen LogP contribution >= 0.6 is 23.6 Å². The lowest BCUT2D eigenvalue weighted by atomic mass is 10.2. The van der Waals surface area contributed by atoms with Crippen molar-refractivity contribution in [1.29, 1.82) is 0 Å². The zero-order valence-electron chi connectivity index (χ0n) is 10.3. The average molecular weight is 292 g/mol. The molecule has 0 radical (unpaired) electrons. The molecule has 1 N–H and O–H groups in total. The smallest absolute Gasteiger partial charge is 0.272 e. The standard InChI is InChI=1S/C13H12N2O2S2/c1-8(7-9-3-2-5-17-9)15-12(16)11-10(4-6-19-11)14-13(15)18/h2-6,8H,7H2,1H3,(H,14,18). The van der Waals surface area contributed by atoms with E-state index in [1.165, 1.54) is 11.3 Å². The molecular weight excluding hydrogens is 280 g/mol. The molecule has 3 aromatic rings. The van der Waals surface area contributed by atoms with Gasteiger partial charge in [0.15, 0.2) is 4.77 Å². The Hall–Kier alpha value is -1.66. The van der Waals surface area contributed by atoms with Crippen LogP contribution in [0.2, 0.25) is 0 Å². The molecule has 6 heteroatoms. The molecule has 98 valence electrons. The molecule has 0 saturated heterocycles. The van der Waals surface area contributed by atoms with E-state index >= 15 is 0 Å². The van der Waals surface area contributed by atoms with E-state index in [0.29, 0.717) is 15.9 Å². The number of rotatable bonds is 3. The molecule has 0 aliphatic carbocycles. The molecule has 3 aromatic heterocycles. The SMILES string of the molecule is CC(Cc1ccco1)n1c(=S)[nH]c2ccsc2c1=O. The van der Waals surface area contributed by atoms with E-state index in [-0.39, 0.29) is 11.6 Å². The minimum Gasteiger partial charge on any atom is -0.469 e. The molecule has 0 saturated carbocycles. The van der Waals surface area contributed by atoms with Crippen LogP contribution in [-0.2, 0) is 6.42 Å². The van der Waals surface area contributed by atoms with Crippen molar-refractivity contribution in [2.45, 2.75) is 19.4 Å². The summed E-state index contributed by atoms with van der Waals surface area (Å²) in [5.74, 6) is 0.847.